The van der Waals surface area contributed by atoms with Crippen LogP contribution in [-0.2, 0) is 16.0 Å². The Balaban J connectivity index is 2.36. The molecule has 2 heteroatoms. The zero-order valence-corrected chi connectivity index (χ0v) is 12.6. The highest BCUT2D eigenvalue weighted by molar-refractivity contribution is 5.72. The van der Waals surface area contributed by atoms with Gasteiger partial charge >= 0.3 is 5.97 Å². The van der Waals surface area contributed by atoms with E-state index < -0.39 is 0 Å². The summed E-state index contributed by atoms with van der Waals surface area (Å²) in [6.45, 7) is 6.68. The highest BCUT2D eigenvalue weighted by Crippen LogP contribution is 2.11. The third-order valence-electron chi connectivity index (χ3n) is 3.22. The topological polar surface area (TPSA) is 26.3 Å². The highest BCUT2D eigenvalue weighted by Gasteiger charge is 2.04. The van der Waals surface area contributed by atoms with Gasteiger partial charge in [-0.15, -0.1) is 0 Å². The summed E-state index contributed by atoms with van der Waals surface area (Å²) in [5.41, 5.74) is 2.21. The standard InChI is InChI=1S/C18H24O2/c1-4-5-9-15(2)16(3)12-13-20-18(19)14-17-10-7-6-8-11-17/h5-12,15H,4,13-14H2,1-3H3/b9-5+,16-12+. The molecule has 0 saturated heterocycles. The molecule has 1 atom stereocenters. The molecular weight excluding hydrogens is 248 g/mol. The number of esters is 1. The Hall–Kier alpha value is -1.83. The summed E-state index contributed by atoms with van der Waals surface area (Å²) in [5.74, 6) is 0.208. The van der Waals surface area contributed by atoms with Crippen LogP contribution in [0.2, 0.25) is 0 Å². The Kier molecular flexibility index (Phi) is 7.41. The van der Waals surface area contributed by atoms with E-state index in [4.69, 9.17) is 4.74 Å². The smallest absolute Gasteiger partial charge is 0.310 e. The van der Waals surface area contributed by atoms with E-state index in [1.807, 2.05) is 36.4 Å². The summed E-state index contributed by atoms with van der Waals surface area (Å²) >= 11 is 0. The normalized spacial score (nSPS) is 13.4. The van der Waals surface area contributed by atoms with Gasteiger partial charge in [0, 0.05) is 0 Å². The fraction of sp³-hybridized carbons (Fsp3) is 0.389. The van der Waals surface area contributed by atoms with Crippen LogP contribution >= 0.6 is 0 Å². The number of allylic oxidation sites excluding steroid dienone is 3. The lowest BCUT2D eigenvalue weighted by Crippen LogP contribution is -2.08. The Morgan fingerprint density at radius 3 is 2.65 bits per heavy atom. The van der Waals surface area contributed by atoms with Gasteiger partial charge in [-0.05, 0) is 30.9 Å². The average Bonchev–Trinajstić information content (AvgIpc) is 2.45. The third kappa shape index (κ3) is 6.37. The third-order valence-corrected chi connectivity index (χ3v) is 3.22. The first-order chi connectivity index (χ1) is 9.63. The first-order valence-corrected chi connectivity index (χ1v) is 7.16. The summed E-state index contributed by atoms with van der Waals surface area (Å²) in [7, 11) is 0. The van der Waals surface area contributed by atoms with Gasteiger partial charge in [-0.25, -0.2) is 0 Å². The highest BCUT2D eigenvalue weighted by atomic mass is 16.5. The van der Waals surface area contributed by atoms with Gasteiger partial charge in [-0.3, -0.25) is 4.79 Å². The molecule has 0 spiro atoms. The maximum atomic E-state index is 11.7. The summed E-state index contributed by atoms with van der Waals surface area (Å²) < 4.78 is 5.23. The zero-order valence-electron chi connectivity index (χ0n) is 12.6. The first kappa shape index (κ1) is 16.2. The molecule has 1 aromatic carbocycles. The molecule has 0 aliphatic rings. The molecular formula is C18H24O2. The van der Waals surface area contributed by atoms with Crippen molar-refractivity contribution in [1.29, 1.82) is 0 Å². The number of rotatable bonds is 7. The van der Waals surface area contributed by atoms with Crippen LogP contribution in [0.4, 0.5) is 0 Å². The summed E-state index contributed by atoms with van der Waals surface area (Å²) in [4.78, 5) is 11.7. The van der Waals surface area contributed by atoms with Crippen LogP contribution in [0.1, 0.15) is 32.8 Å². The van der Waals surface area contributed by atoms with Crippen molar-refractivity contribution < 1.29 is 9.53 Å². The molecule has 0 saturated carbocycles. The second kappa shape index (κ2) is 9.13. The fourth-order valence-electron chi connectivity index (χ4n) is 1.76. The van der Waals surface area contributed by atoms with E-state index in [2.05, 4.69) is 32.9 Å². The molecule has 20 heavy (non-hydrogen) atoms. The number of carbonyl (C=O) groups is 1. The van der Waals surface area contributed by atoms with E-state index in [1.54, 1.807) is 0 Å². The molecule has 0 radical (unpaired) electrons. The maximum absolute atomic E-state index is 11.7. The van der Waals surface area contributed by atoms with Crippen LogP contribution in [-0.4, -0.2) is 12.6 Å². The van der Waals surface area contributed by atoms with E-state index in [1.165, 1.54) is 5.57 Å². The van der Waals surface area contributed by atoms with Gasteiger partial charge in [0.2, 0.25) is 0 Å². The molecule has 0 bridgehead atoms. The van der Waals surface area contributed by atoms with E-state index in [0.29, 0.717) is 18.9 Å². The fourth-order valence-corrected chi connectivity index (χ4v) is 1.76. The van der Waals surface area contributed by atoms with E-state index in [0.717, 1.165) is 12.0 Å². The Bertz CT molecular complexity index is 458. The first-order valence-electron chi connectivity index (χ1n) is 7.16. The molecule has 2 nitrogen and oxygen atoms in total. The van der Waals surface area contributed by atoms with Gasteiger partial charge in [0.25, 0.3) is 0 Å². The lowest BCUT2D eigenvalue weighted by Gasteiger charge is -2.07. The molecule has 108 valence electrons. The molecule has 1 rings (SSSR count). The van der Waals surface area contributed by atoms with E-state index >= 15 is 0 Å². The van der Waals surface area contributed by atoms with Crippen molar-refractivity contribution in [3.63, 3.8) is 0 Å². The lowest BCUT2D eigenvalue weighted by molar-refractivity contribution is -0.141. The van der Waals surface area contributed by atoms with E-state index in [9.17, 15) is 4.79 Å². The monoisotopic (exact) mass is 272 g/mol. The molecule has 0 aliphatic heterocycles. The summed E-state index contributed by atoms with van der Waals surface area (Å²) in [5, 5.41) is 0. The number of ether oxygens (including phenoxy) is 1. The molecule has 1 aromatic rings. The average molecular weight is 272 g/mol. The van der Waals surface area contributed by atoms with Crippen LogP contribution in [0.25, 0.3) is 0 Å². The zero-order chi connectivity index (χ0) is 14.8. The van der Waals surface area contributed by atoms with Crippen molar-refractivity contribution in [2.24, 2.45) is 5.92 Å². The number of carbonyl (C=O) groups excluding carboxylic acids is 1. The molecule has 0 amide bonds. The van der Waals surface area contributed by atoms with Gasteiger partial charge in [0.1, 0.15) is 6.61 Å². The van der Waals surface area contributed by atoms with Gasteiger partial charge < -0.3 is 4.74 Å². The largest absolute Gasteiger partial charge is 0.461 e. The van der Waals surface area contributed by atoms with Crippen LogP contribution < -0.4 is 0 Å². The molecule has 0 N–H and O–H groups in total. The molecule has 0 aliphatic carbocycles. The van der Waals surface area contributed by atoms with Crippen molar-refractivity contribution in [1.82, 2.24) is 0 Å². The van der Waals surface area contributed by atoms with Gasteiger partial charge in [0.05, 0.1) is 6.42 Å². The molecule has 0 heterocycles. The minimum absolute atomic E-state index is 0.183. The maximum Gasteiger partial charge on any atom is 0.310 e. The Morgan fingerprint density at radius 2 is 2.00 bits per heavy atom. The van der Waals surface area contributed by atoms with Crippen molar-refractivity contribution in [3.05, 3.63) is 59.7 Å². The number of hydrogen-bond acceptors (Lipinski definition) is 2. The predicted molar refractivity (Wildman–Crippen MR) is 83.5 cm³/mol. The predicted octanol–water partition coefficient (Wildman–Crippen LogP) is 4.32. The summed E-state index contributed by atoms with van der Waals surface area (Å²) in [6.07, 6.45) is 7.69. The Labute approximate surface area is 122 Å². The van der Waals surface area contributed by atoms with Crippen LogP contribution in [0, 0.1) is 5.92 Å². The van der Waals surface area contributed by atoms with Gasteiger partial charge in [-0.2, -0.15) is 0 Å². The second-order valence-electron chi connectivity index (χ2n) is 4.92. The summed E-state index contributed by atoms with van der Waals surface area (Å²) in [6, 6.07) is 9.65. The quantitative estimate of drug-likeness (QED) is 0.546. The minimum Gasteiger partial charge on any atom is -0.461 e. The Morgan fingerprint density at radius 1 is 1.30 bits per heavy atom. The second-order valence-corrected chi connectivity index (χ2v) is 4.92. The van der Waals surface area contributed by atoms with Gasteiger partial charge in [0.15, 0.2) is 0 Å². The van der Waals surface area contributed by atoms with Gasteiger partial charge in [-0.1, -0.05) is 61.9 Å². The van der Waals surface area contributed by atoms with Crippen molar-refractivity contribution in [3.8, 4) is 0 Å². The molecule has 0 fully saturated rings. The molecule has 1 unspecified atom stereocenters. The van der Waals surface area contributed by atoms with Crippen molar-refractivity contribution in [2.75, 3.05) is 6.61 Å². The molecule has 0 aromatic heterocycles. The van der Waals surface area contributed by atoms with Crippen LogP contribution in [0.5, 0.6) is 0 Å². The number of benzene rings is 1. The number of hydrogen-bond donors (Lipinski definition) is 0. The van der Waals surface area contributed by atoms with Crippen LogP contribution in [0.3, 0.4) is 0 Å². The van der Waals surface area contributed by atoms with Crippen LogP contribution in [0.15, 0.2) is 54.1 Å². The minimum atomic E-state index is -0.183. The lowest BCUT2D eigenvalue weighted by atomic mass is 10.0. The SMILES string of the molecule is CC/C=C/C(C)/C(C)=C/COC(=O)Cc1ccccc1. The van der Waals surface area contributed by atoms with Crippen molar-refractivity contribution in [2.45, 2.75) is 33.6 Å². The van der Waals surface area contributed by atoms with E-state index in [-0.39, 0.29) is 5.97 Å². The van der Waals surface area contributed by atoms with Crippen molar-refractivity contribution >= 4 is 5.97 Å².